The Labute approximate surface area is 96.6 Å². The predicted molar refractivity (Wildman–Crippen MR) is 60.3 cm³/mol. The van der Waals surface area contributed by atoms with E-state index in [0.717, 1.165) is 10.9 Å². The van der Waals surface area contributed by atoms with Crippen molar-refractivity contribution in [3.63, 3.8) is 0 Å². The standard InChI is InChI=1S/C12H10O5/c1-7-5-11(13)17-10-6-8(3-4-9(7)10)16-12(14)15-2/h3-6H,1-2H3. The molecule has 0 unspecified atom stereocenters. The van der Waals surface area contributed by atoms with E-state index in [9.17, 15) is 9.59 Å². The van der Waals surface area contributed by atoms with E-state index in [1.54, 1.807) is 19.1 Å². The Morgan fingerprint density at radius 2 is 2.06 bits per heavy atom. The van der Waals surface area contributed by atoms with Crippen LogP contribution in [0.4, 0.5) is 4.79 Å². The van der Waals surface area contributed by atoms with Crippen molar-refractivity contribution in [2.75, 3.05) is 7.11 Å². The van der Waals surface area contributed by atoms with Crippen molar-refractivity contribution >= 4 is 17.1 Å². The zero-order valence-electron chi connectivity index (χ0n) is 9.35. The molecule has 5 nitrogen and oxygen atoms in total. The maximum atomic E-state index is 11.2. The molecule has 0 fully saturated rings. The number of methoxy groups -OCH3 is 1. The first-order chi connectivity index (χ1) is 8.10. The van der Waals surface area contributed by atoms with Gasteiger partial charge in [-0.25, -0.2) is 9.59 Å². The van der Waals surface area contributed by atoms with Crippen molar-refractivity contribution in [1.82, 2.24) is 0 Å². The fourth-order valence-electron chi connectivity index (χ4n) is 1.51. The largest absolute Gasteiger partial charge is 0.513 e. The van der Waals surface area contributed by atoms with E-state index in [0.29, 0.717) is 5.58 Å². The van der Waals surface area contributed by atoms with Crippen molar-refractivity contribution in [2.24, 2.45) is 0 Å². The molecule has 0 aliphatic rings. The second kappa shape index (κ2) is 4.29. The van der Waals surface area contributed by atoms with Gasteiger partial charge in [0.25, 0.3) is 0 Å². The molecule has 1 heterocycles. The quantitative estimate of drug-likeness (QED) is 0.430. The van der Waals surface area contributed by atoms with Crippen LogP contribution in [0, 0.1) is 6.92 Å². The molecule has 5 heteroatoms. The third kappa shape index (κ3) is 2.28. The highest BCUT2D eigenvalue weighted by molar-refractivity contribution is 5.81. The van der Waals surface area contributed by atoms with Gasteiger partial charge >= 0.3 is 11.8 Å². The SMILES string of the molecule is COC(=O)Oc1ccc2c(C)cc(=O)oc2c1. The molecule has 1 aromatic heterocycles. The summed E-state index contributed by atoms with van der Waals surface area (Å²) >= 11 is 0. The van der Waals surface area contributed by atoms with Gasteiger partial charge in [0.15, 0.2) is 0 Å². The number of fused-ring (bicyclic) bond motifs is 1. The molecule has 0 amide bonds. The lowest BCUT2D eigenvalue weighted by molar-refractivity contribution is 0.121. The van der Waals surface area contributed by atoms with Crippen molar-refractivity contribution in [3.05, 3.63) is 40.2 Å². The minimum Gasteiger partial charge on any atom is -0.437 e. The van der Waals surface area contributed by atoms with E-state index in [1.807, 2.05) is 0 Å². The van der Waals surface area contributed by atoms with E-state index in [2.05, 4.69) is 4.74 Å². The number of benzene rings is 1. The highest BCUT2D eigenvalue weighted by atomic mass is 16.7. The summed E-state index contributed by atoms with van der Waals surface area (Å²) < 4.78 is 14.2. The number of carbonyl (C=O) groups excluding carboxylic acids is 1. The second-order valence-electron chi connectivity index (χ2n) is 3.46. The number of hydrogen-bond donors (Lipinski definition) is 0. The molecule has 0 aliphatic carbocycles. The molecule has 0 N–H and O–H groups in total. The second-order valence-corrected chi connectivity index (χ2v) is 3.46. The Kier molecular flexibility index (Phi) is 2.82. The van der Waals surface area contributed by atoms with E-state index in [1.165, 1.54) is 19.2 Å². The monoisotopic (exact) mass is 234 g/mol. The van der Waals surface area contributed by atoms with Gasteiger partial charge in [0.2, 0.25) is 0 Å². The van der Waals surface area contributed by atoms with Crippen LogP contribution in [0.5, 0.6) is 5.75 Å². The van der Waals surface area contributed by atoms with Crippen LogP contribution in [0.15, 0.2) is 33.5 Å². The van der Waals surface area contributed by atoms with Crippen molar-refractivity contribution in [1.29, 1.82) is 0 Å². The van der Waals surface area contributed by atoms with Crippen LogP contribution >= 0.6 is 0 Å². The van der Waals surface area contributed by atoms with E-state index in [-0.39, 0.29) is 5.75 Å². The Morgan fingerprint density at radius 1 is 1.29 bits per heavy atom. The average molecular weight is 234 g/mol. The molecular formula is C12H10O5. The first-order valence-electron chi connectivity index (χ1n) is 4.90. The predicted octanol–water partition coefficient (Wildman–Crippen LogP) is 2.25. The summed E-state index contributed by atoms with van der Waals surface area (Å²) in [6, 6.07) is 6.20. The molecule has 0 saturated carbocycles. The lowest BCUT2D eigenvalue weighted by atomic mass is 10.1. The molecule has 0 aliphatic heterocycles. The van der Waals surface area contributed by atoms with Crippen LogP contribution in [0.3, 0.4) is 0 Å². The maximum Gasteiger partial charge on any atom is 0.513 e. The number of hydrogen-bond acceptors (Lipinski definition) is 5. The smallest absolute Gasteiger partial charge is 0.437 e. The van der Waals surface area contributed by atoms with Gasteiger partial charge in [0.05, 0.1) is 7.11 Å². The Hall–Kier alpha value is -2.30. The molecule has 0 spiro atoms. The van der Waals surface area contributed by atoms with Gasteiger partial charge < -0.3 is 13.9 Å². The van der Waals surface area contributed by atoms with E-state index >= 15 is 0 Å². The minimum absolute atomic E-state index is 0.262. The zero-order valence-corrected chi connectivity index (χ0v) is 9.35. The lowest BCUT2D eigenvalue weighted by Gasteiger charge is -2.04. The highest BCUT2D eigenvalue weighted by Crippen LogP contribution is 2.22. The number of rotatable bonds is 1. The third-order valence-electron chi connectivity index (χ3n) is 2.29. The summed E-state index contributed by atoms with van der Waals surface area (Å²) in [6.45, 7) is 1.81. The van der Waals surface area contributed by atoms with Crippen LogP contribution in [-0.4, -0.2) is 13.3 Å². The van der Waals surface area contributed by atoms with Gasteiger partial charge in [-0.2, -0.15) is 0 Å². The molecular weight excluding hydrogens is 224 g/mol. The molecule has 17 heavy (non-hydrogen) atoms. The Balaban J connectivity index is 2.50. The lowest BCUT2D eigenvalue weighted by Crippen LogP contribution is -2.07. The van der Waals surface area contributed by atoms with Gasteiger partial charge in [-0.1, -0.05) is 0 Å². The summed E-state index contributed by atoms with van der Waals surface area (Å²) in [5.41, 5.74) is 0.738. The Morgan fingerprint density at radius 3 is 2.76 bits per heavy atom. The first-order valence-corrected chi connectivity index (χ1v) is 4.90. The fourth-order valence-corrected chi connectivity index (χ4v) is 1.51. The number of aryl methyl sites for hydroxylation is 1. The van der Waals surface area contributed by atoms with Gasteiger partial charge in [0, 0.05) is 17.5 Å². The number of ether oxygens (including phenoxy) is 2. The summed E-state index contributed by atoms with van der Waals surface area (Å²) in [6.07, 6.45) is -0.820. The van der Waals surface area contributed by atoms with Crippen LogP contribution in [-0.2, 0) is 4.74 Å². The molecule has 1 aromatic carbocycles. The molecule has 2 aromatic rings. The summed E-state index contributed by atoms with van der Waals surface area (Å²) in [5, 5.41) is 0.793. The van der Waals surface area contributed by atoms with Crippen LogP contribution in [0.25, 0.3) is 11.0 Å². The molecule has 88 valence electrons. The van der Waals surface area contributed by atoms with Gasteiger partial charge in [-0.15, -0.1) is 0 Å². The zero-order chi connectivity index (χ0) is 12.4. The normalized spacial score (nSPS) is 10.2. The average Bonchev–Trinajstić information content (AvgIpc) is 2.28. The van der Waals surface area contributed by atoms with Gasteiger partial charge in [0.1, 0.15) is 11.3 Å². The fraction of sp³-hybridized carbons (Fsp3) is 0.167. The topological polar surface area (TPSA) is 65.7 Å². The van der Waals surface area contributed by atoms with Gasteiger partial charge in [-0.05, 0) is 24.6 Å². The van der Waals surface area contributed by atoms with Crippen molar-refractivity contribution < 1.29 is 18.7 Å². The van der Waals surface area contributed by atoms with Crippen molar-refractivity contribution in [3.8, 4) is 5.75 Å². The molecule has 0 atom stereocenters. The highest BCUT2D eigenvalue weighted by Gasteiger charge is 2.07. The van der Waals surface area contributed by atoms with E-state index < -0.39 is 11.8 Å². The first kappa shape index (κ1) is 11.2. The van der Waals surface area contributed by atoms with Crippen molar-refractivity contribution in [2.45, 2.75) is 6.92 Å². The summed E-state index contributed by atoms with van der Waals surface area (Å²) in [4.78, 5) is 22.1. The van der Waals surface area contributed by atoms with E-state index in [4.69, 9.17) is 9.15 Å². The van der Waals surface area contributed by atoms with Crippen LogP contribution < -0.4 is 10.4 Å². The summed E-state index contributed by atoms with van der Waals surface area (Å²) in [7, 11) is 1.22. The third-order valence-corrected chi connectivity index (χ3v) is 2.29. The molecule has 2 rings (SSSR count). The Bertz CT molecular complexity index is 626. The molecule has 0 radical (unpaired) electrons. The number of carbonyl (C=O) groups is 1. The maximum absolute atomic E-state index is 11.2. The van der Waals surface area contributed by atoms with Gasteiger partial charge in [-0.3, -0.25) is 0 Å². The van der Waals surface area contributed by atoms with Crippen LogP contribution in [0.2, 0.25) is 0 Å². The molecule has 0 saturated heterocycles. The minimum atomic E-state index is -0.820. The molecule has 0 bridgehead atoms. The van der Waals surface area contributed by atoms with Crippen LogP contribution in [0.1, 0.15) is 5.56 Å². The summed E-state index contributed by atoms with van der Waals surface area (Å²) in [5.74, 6) is 0.262.